The van der Waals surface area contributed by atoms with Crippen molar-refractivity contribution in [2.45, 2.75) is 33.2 Å². The predicted octanol–water partition coefficient (Wildman–Crippen LogP) is 5.67. The highest BCUT2D eigenvalue weighted by Gasteiger charge is 2.42. The minimum absolute atomic E-state index is 0.0466. The van der Waals surface area contributed by atoms with Crippen LogP contribution in [0.25, 0.3) is 11.0 Å². The molecule has 6 nitrogen and oxygen atoms in total. The number of carbonyl (C=O) groups excluding carboxylic acids is 1. The summed E-state index contributed by atoms with van der Waals surface area (Å²) in [7, 11) is 0. The van der Waals surface area contributed by atoms with Crippen LogP contribution >= 0.6 is 11.6 Å². The first-order valence-electron chi connectivity index (χ1n) is 11.0. The molecule has 0 saturated heterocycles. The molecule has 1 aliphatic heterocycles. The quantitative estimate of drug-likeness (QED) is 0.399. The van der Waals surface area contributed by atoms with Crippen molar-refractivity contribution in [1.82, 2.24) is 4.90 Å². The summed E-state index contributed by atoms with van der Waals surface area (Å²) in [5, 5.41) is 0.810. The molecule has 2 heterocycles. The van der Waals surface area contributed by atoms with E-state index < -0.39 is 6.04 Å². The van der Waals surface area contributed by atoms with Gasteiger partial charge in [-0.15, -0.1) is 6.58 Å². The molecular weight excluding hydrogens is 442 g/mol. The van der Waals surface area contributed by atoms with Gasteiger partial charge in [0, 0.05) is 11.6 Å². The van der Waals surface area contributed by atoms with Crippen LogP contribution in [0.5, 0.6) is 11.5 Å². The van der Waals surface area contributed by atoms with E-state index in [2.05, 4.69) is 6.58 Å². The first kappa shape index (κ1) is 22.9. The van der Waals surface area contributed by atoms with Crippen LogP contribution in [0, 0.1) is 6.92 Å². The summed E-state index contributed by atoms with van der Waals surface area (Å²) in [4.78, 5) is 28.5. The fourth-order valence-corrected chi connectivity index (χ4v) is 4.27. The second-order valence-electron chi connectivity index (χ2n) is 7.91. The number of ether oxygens (including phenoxy) is 2. The maximum atomic E-state index is 13.6. The molecule has 1 amide bonds. The summed E-state index contributed by atoms with van der Waals surface area (Å²) in [6, 6.07) is 8.12. The van der Waals surface area contributed by atoms with Gasteiger partial charge >= 0.3 is 0 Å². The maximum Gasteiger partial charge on any atom is 0.291 e. The number of carbonyl (C=O) groups is 1. The Balaban J connectivity index is 1.93. The molecule has 33 heavy (non-hydrogen) atoms. The van der Waals surface area contributed by atoms with Crippen LogP contribution in [0.2, 0.25) is 5.02 Å². The highest BCUT2D eigenvalue weighted by molar-refractivity contribution is 6.32. The first-order chi connectivity index (χ1) is 15.9. The van der Waals surface area contributed by atoms with Crippen LogP contribution in [0.3, 0.4) is 0 Å². The Bertz CT molecular complexity index is 1300. The van der Waals surface area contributed by atoms with Crippen molar-refractivity contribution in [2.75, 3.05) is 19.8 Å². The van der Waals surface area contributed by atoms with Crippen molar-refractivity contribution in [2.24, 2.45) is 0 Å². The Morgan fingerprint density at radius 1 is 1.15 bits per heavy atom. The highest BCUT2D eigenvalue weighted by atomic mass is 35.5. The number of hydrogen-bond acceptors (Lipinski definition) is 5. The van der Waals surface area contributed by atoms with Crippen LogP contribution in [-0.2, 0) is 0 Å². The summed E-state index contributed by atoms with van der Waals surface area (Å²) < 4.78 is 17.6. The smallest absolute Gasteiger partial charge is 0.291 e. The average molecular weight is 468 g/mol. The van der Waals surface area contributed by atoms with E-state index in [0.717, 1.165) is 17.5 Å². The van der Waals surface area contributed by atoms with Crippen LogP contribution in [0.4, 0.5) is 0 Å². The van der Waals surface area contributed by atoms with E-state index in [1.807, 2.05) is 39.0 Å². The molecule has 0 bridgehead atoms. The van der Waals surface area contributed by atoms with E-state index in [0.29, 0.717) is 46.3 Å². The number of halogens is 1. The molecule has 3 aromatic rings. The zero-order valence-electron chi connectivity index (χ0n) is 18.9. The fraction of sp³-hybridized carbons (Fsp3) is 0.308. The minimum atomic E-state index is -0.648. The SMILES string of the molecule is C=CCN1C(=O)c2oc3cc(C)c(Cl)cc3c(=O)c2C1c1ccc(OCCC)c(OCC)c1. The van der Waals surface area contributed by atoms with Crippen LogP contribution in [0.1, 0.15) is 53.6 Å². The van der Waals surface area contributed by atoms with E-state index in [-0.39, 0.29) is 23.6 Å². The molecule has 1 atom stereocenters. The zero-order valence-corrected chi connectivity index (χ0v) is 19.7. The lowest BCUT2D eigenvalue weighted by molar-refractivity contribution is 0.0748. The number of nitrogens with zero attached hydrogens (tertiary/aromatic N) is 1. The molecule has 0 N–H and O–H groups in total. The fourth-order valence-electron chi connectivity index (χ4n) is 4.11. The topological polar surface area (TPSA) is 69.0 Å². The number of fused-ring (bicyclic) bond motifs is 2. The van der Waals surface area contributed by atoms with Gasteiger partial charge in [-0.05, 0) is 55.7 Å². The summed E-state index contributed by atoms with van der Waals surface area (Å²) in [5.41, 5.74) is 1.84. The van der Waals surface area contributed by atoms with E-state index in [9.17, 15) is 9.59 Å². The van der Waals surface area contributed by atoms with Crippen molar-refractivity contribution in [3.8, 4) is 11.5 Å². The van der Waals surface area contributed by atoms with Crippen LogP contribution in [0.15, 0.2) is 52.2 Å². The van der Waals surface area contributed by atoms with Gasteiger partial charge in [0.15, 0.2) is 16.9 Å². The Morgan fingerprint density at radius 2 is 1.94 bits per heavy atom. The third-order valence-electron chi connectivity index (χ3n) is 5.62. The predicted molar refractivity (Wildman–Crippen MR) is 129 cm³/mol. The molecule has 1 aromatic heterocycles. The minimum Gasteiger partial charge on any atom is -0.490 e. The van der Waals surface area contributed by atoms with Gasteiger partial charge in [-0.1, -0.05) is 30.7 Å². The molecule has 7 heteroatoms. The summed E-state index contributed by atoms with van der Waals surface area (Å²) in [6.07, 6.45) is 2.49. The molecular formula is C26H26ClNO5. The molecule has 0 aliphatic carbocycles. The molecule has 1 aliphatic rings. The van der Waals surface area contributed by atoms with E-state index in [4.69, 9.17) is 25.5 Å². The standard InChI is InChI=1S/C26H26ClNO5/c1-5-10-28-23(16-8-9-19(32-11-6-2)21(13-16)31-7-3)22-24(29)17-14-18(27)15(4)12-20(17)33-25(22)26(28)30/h5,8-9,12-14,23H,1,6-7,10-11H2,2-4H3. The van der Waals surface area contributed by atoms with Gasteiger partial charge < -0.3 is 18.8 Å². The van der Waals surface area contributed by atoms with Gasteiger partial charge in [-0.3, -0.25) is 9.59 Å². The third kappa shape index (κ3) is 4.00. The van der Waals surface area contributed by atoms with Crippen molar-refractivity contribution >= 4 is 28.5 Å². The molecule has 0 spiro atoms. The summed E-state index contributed by atoms with van der Waals surface area (Å²) in [6.45, 7) is 10.8. The molecule has 4 rings (SSSR count). The van der Waals surface area contributed by atoms with E-state index in [1.165, 1.54) is 0 Å². The third-order valence-corrected chi connectivity index (χ3v) is 6.02. The largest absolute Gasteiger partial charge is 0.490 e. The molecule has 172 valence electrons. The van der Waals surface area contributed by atoms with E-state index >= 15 is 0 Å². The Morgan fingerprint density at radius 3 is 2.64 bits per heavy atom. The zero-order chi connectivity index (χ0) is 23.7. The number of benzene rings is 2. The van der Waals surface area contributed by atoms with Gasteiger partial charge in [0.25, 0.3) is 5.91 Å². The summed E-state index contributed by atoms with van der Waals surface area (Å²) >= 11 is 6.28. The lowest BCUT2D eigenvalue weighted by Gasteiger charge is -2.24. The molecule has 0 saturated carbocycles. The monoisotopic (exact) mass is 467 g/mol. The van der Waals surface area contributed by atoms with Crippen molar-refractivity contribution < 1.29 is 18.7 Å². The second-order valence-corrected chi connectivity index (χ2v) is 8.32. The highest BCUT2D eigenvalue weighted by Crippen LogP contribution is 2.41. The molecule has 0 fully saturated rings. The van der Waals surface area contributed by atoms with Crippen molar-refractivity contribution in [3.63, 3.8) is 0 Å². The second kappa shape index (κ2) is 9.32. The molecule has 0 radical (unpaired) electrons. The Hall–Kier alpha value is -3.25. The van der Waals surface area contributed by atoms with Gasteiger partial charge in [-0.2, -0.15) is 0 Å². The lowest BCUT2D eigenvalue weighted by Crippen LogP contribution is -2.29. The number of hydrogen-bond donors (Lipinski definition) is 0. The Labute approximate surface area is 197 Å². The normalized spacial score (nSPS) is 15.1. The van der Waals surface area contributed by atoms with Crippen molar-refractivity contribution in [3.05, 3.63) is 80.7 Å². The average Bonchev–Trinajstić information content (AvgIpc) is 3.07. The van der Waals surface area contributed by atoms with Crippen molar-refractivity contribution in [1.29, 1.82) is 0 Å². The van der Waals surface area contributed by atoms with E-state index in [1.54, 1.807) is 23.1 Å². The van der Waals surface area contributed by atoms with Gasteiger partial charge in [0.1, 0.15) is 5.58 Å². The molecule has 1 unspecified atom stereocenters. The lowest BCUT2D eigenvalue weighted by atomic mass is 9.97. The number of rotatable bonds is 8. The first-order valence-corrected chi connectivity index (χ1v) is 11.4. The van der Waals surface area contributed by atoms with Crippen LogP contribution < -0.4 is 14.9 Å². The maximum absolute atomic E-state index is 13.6. The van der Waals surface area contributed by atoms with Gasteiger partial charge in [0.2, 0.25) is 5.76 Å². The number of amides is 1. The van der Waals surface area contributed by atoms with Gasteiger partial charge in [0.05, 0.1) is 30.2 Å². The Kier molecular flexibility index (Phi) is 6.47. The summed E-state index contributed by atoms with van der Waals surface area (Å²) in [5.74, 6) is 0.873. The number of aryl methyl sites for hydroxylation is 1. The van der Waals surface area contributed by atoms with Crippen LogP contribution in [-0.4, -0.2) is 30.6 Å². The molecule has 2 aromatic carbocycles. The van der Waals surface area contributed by atoms with Gasteiger partial charge in [-0.25, -0.2) is 0 Å².